The van der Waals surface area contributed by atoms with E-state index in [1.807, 2.05) is 21.0 Å². The van der Waals surface area contributed by atoms with Crippen LogP contribution in [0.2, 0.25) is 0 Å². The lowest BCUT2D eigenvalue weighted by atomic mass is 10.1. The minimum atomic E-state index is -0.287. The first kappa shape index (κ1) is 14.0. The highest BCUT2D eigenvalue weighted by molar-refractivity contribution is 5.98. The number of halogens is 1. The van der Waals surface area contributed by atoms with Crippen LogP contribution in [0.1, 0.15) is 6.92 Å². The second-order valence-corrected chi connectivity index (χ2v) is 5.05. The topological polar surface area (TPSA) is 35.6 Å². The molecule has 2 atom stereocenters. The first-order valence-electron chi connectivity index (χ1n) is 6.48. The summed E-state index contributed by atoms with van der Waals surface area (Å²) in [6.07, 6.45) is 0. The van der Waals surface area contributed by atoms with Gasteiger partial charge in [0.2, 0.25) is 5.91 Å². The van der Waals surface area contributed by atoms with Crippen LogP contribution in [0, 0.1) is 5.82 Å². The lowest BCUT2D eigenvalue weighted by molar-refractivity contribution is -0.126. The summed E-state index contributed by atoms with van der Waals surface area (Å²) in [7, 11) is 3.79. The van der Waals surface area contributed by atoms with Crippen LogP contribution in [-0.4, -0.2) is 50.1 Å². The van der Waals surface area contributed by atoms with Gasteiger partial charge in [0.15, 0.2) is 0 Å². The molecule has 2 rings (SSSR count). The number of benzene rings is 1. The number of likely N-dealkylation sites (N-methyl/N-ethyl adjacent to an activating group) is 2. The van der Waals surface area contributed by atoms with Gasteiger partial charge in [-0.3, -0.25) is 9.69 Å². The predicted octanol–water partition coefficient (Wildman–Crippen LogP) is 1.08. The van der Waals surface area contributed by atoms with Crippen LogP contribution in [-0.2, 0) is 4.79 Å². The van der Waals surface area contributed by atoms with E-state index in [-0.39, 0.29) is 23.8 Å². The molecule has 1 heterocycles. The molecule has 1 aliphatic heterocycles. The third-order valence-corrected chi connectivity index (χ3v) is 3.55. The van der Waals surface area contributed by atoms with Gasteiger partial charge >= 0.3 is 0 Å². The summed E-state index contributed by atoms with van der Waals surface area (Å²) < 4.78 is 13.0. The third kappa shape index (κ3) is 2.77. The van der Waals surface area contributed by atoms with Crippen molar-refractivity contribution in [2.45, 2.75) is 19.0 Å². The molecule has 1 aromatic carbocycles. The van der Waals surface area contributed by atoms with Gasteiger partial charge in [-0.25, -0.2) is 4.39 Å². The van der Waals surface area contributed by atoms with E-state index in [9.17, 15) is 9.18 Å². The molecule has 2 unspecified atom stereocenters. The van der Waals surface area contributed by atoms with Gasteiger partial charge in [0.1, 0.15) is 11.9 Å². The van der Waals surface area contributed by atoms with Crippen LogP contribution in [0.4, 0.5) is 10.1 Å². The average Bonchev–Trinajstić information content (AvgIpc) is 2.36. The van der Waals surface area contributed by atoms with E-state index in [4.69, 9.17) is 0 Å². The molecule has 0 aromatic heterocycles. The van der Waals surface area contributed by atoms with Crippen molar-refractivity contribution in [3.8, 4) is 0 Å². The molecule has 0 aliphatic carbocycles. The van der Waals surface area contributed by atoms with Gasteiger partial charge in [-0.1, -0.05) is 0 Å². The van der Waals surface area contributed by atoms with E-state index < -0.39 is 0 Å². The summed E-state index contributed by atoms with van der Waals surface area (Å²) >= 11 is 0. The minimum absolute atomic E-state index is 0.0576. The highest BCUT2D eigenvalue weighted by Gasteiger charge is 2.36. The molecule has 1 fully saturated rings. The summed E-state index contributed by atoms with van der Waals surface area (Å²) in [5, 5.41) is 3.05. The molecule has 19 heavy (non-hydrogen) atoms. The van der Waals surface area contributed by atoms with Crippen LogP contribution < -0.4 is 10.2 Å². The number of nitrogens with one attached hydrogen (secondary N) is 1. The summed E-state index contributed by atoms with van der Waals surface area (Å²) in [4.78, 5) is 16.4. The normalized spacial score (nSPS) is 24.8. The zero-order valence-corrected chi connectivity index (χ0v) is 11.6. The highest BCUT2D eigenvalue weighted by atomic mass is 19.1. The Morgan fingerprint density at radius 2 is 2.00 bits per heavy atom. The van der Waals surface area contributed by atoms with Gasteiger partial charge in [0.25, 0.3) is 0 Å². The van der Waals surface area contributed by atoms with Gasteiger partial charge < -0.3 is 10.2 Å². The summed E-state index contributed by atoms with van der Waals surface area (Å²) in [5.41, 5.74) is 0.758. The smallest absolute Gasteiger partial charge is 0.245 e. The number of nitrogens with zero attached hydrogens (tertiary/aromatic N) is 2. The number of carbonyl (C=O) groups excluding carboxylic acids is 1. The summed E-state index contributed by atoms with van der Waals surface area (Å²) in [5.74, 6) is -0.230. The Kier molecular flexibility index (Phi) is 4.17. The first-order valence-corrected chi connectivity index (χ1v) is 6.48. The standard InChI is InChI=1S/C14H20FN3O/c1-10-9-17(3)13(8-16-2)14(19)18(10)12-6-4-11(15)5-7-12/h4-7,10,13,16H,8-9H2,1-3H3. The summed E-state index contributed by atoms with van der Waals surface area (Å²) in [6, 6.07) is 6.00. The van der Waals surface area contributed by atoms with Crippen molar-refractivity contribution in [3.05, 3.63) is 30.1 Å². The van der Waals surface area contributed by atoms with Crippen LogP contribution in [0.5, 0.6) is 0 Å². The molecule has 4 nitrogen and oxygen atoms in total. The average molecular weight is 265 g/mol. The van der Waals surface area contributed by atoms with Crippen LogP contribution in [0.15, 0.2) is 24.3 Å². The first-order chi connectivity index (χ1) is 9.04. The number of hydrogen-bond donors (Lipinski definition) is 1. The molecule has 104 valence electrons. The molecule has 1 aromatic rings. The number of carbonyl (C=O) groups is 1. The molecule has 0 spiro atoms. The van der Waals surface area contributed by atoms with E-state index in [0.29, 0.717) is 6.54 Å². The number of amides is 1. The fourth-order valence-electron chi connectivity index (χ4n) is 2.61. The zero-order chi connectivity index (χ0) is 14.0. The Labute approximate surface area is 113 Å². The lowest BCUT2D eigenvalue weighted by Gasteiger charge is -2.43. The van der Waals surface area contributed by atoms with E-state index in [0.717, 1.165) is 12.2 Å². The van der Waals surface area contributed by atoms with E-state index in [1.54, 1.807) is 17.0 Å². The van der Waals surface area contributed by atoms with Gasteiger partial charge in [0.05, 0.1) is 0 Å². The van der Waals surface area contributed by atoms with Gasteiger partial charge in [-0.15, -0.1) is 0 Å². The summed E-state index contributed by atoms with van der Waals surface area (Å²) in [6.45, 7) is 3.42. The maximum Gasteiger partial charge on any atom is 0.245 e. The van der Waals surface area contributed by atoms with Crippen molar-refractivity contribution in [2.75, 3.05) is 32.1 Å². The fourth-order valence-corrected chi connectivity index (χ4v) is 2.61. The maximum absolute atomic E-state index is 13.0. The van der Waals surface area contributed by atoms with E-state index in [2.05, 4.69) is 10.2 Å². The number of anilines is 1. The molecular weight excluding hydrogens is 245 g/mol. The SMILES string of the molecule is CNCC1C(=O)N(c2ccc(F)cc2)C(C)CN1C. The van der Waals surface area contributed by atoms with Gasteiger partial charge in [0, 0.05) is 24.8 Å². The molecule has 0 saturated carbocycles. The van der Waals surface area contributed by atoms with Crippen molar-refractivity contribution in [1.29, 1.82) is 0 Å². The lowest BCUT2D eigenvalue weighted by Crippen LogP contribution is -2.62. The Balaban J connectivity index is 2.27. The van der Waals surface area contributed by atoms with Crippen LogP contribution in [0.25, 0.3) is 0 Å². The third-order valence-electron chi connectivity index (χ3n) is 3.55. The quantitative estimate of drug-likeness (QED) is 0.888. The van der Waals surface area contributed by atoms with Crippen LogP contribution in [0.3, 0.4) is 0 Å². The molecule has 1 saturated heterocycles. The molecule has 1 N–H and O–H groups in total. The van der Waals surface area contributed by atoms with Crippen molar-refractivity contribution in [3.63, 3.8) is 0 Å². The predicted molar refractivity (Wildman–Crippen MR) is 73.7 cm³/mol. The van der Waals surface area contributed by atoms with E-state index >= 15 is 0 Å². The number of piperazine rings is 1. The molecule has 0 bridgehead atoms. The number of hydrogen-bond acceptors (Lipinski definition) is 3. The molecular formula is C14H20FN3O. The molecule has 0 radical (unpaired) electrons. The van der Waals surface area contributed by atoms with Gasteiger partial charge in [-0.2, -0.15) is 0 Å². The maximum atomic E-state index is 13.0. The fraction of sp³-hybridized carbons (Fsp3) is 0.500. The van der Waals surface area contributed by atoms with Crippen LogP contribution >= 0.6 is 0 Å². The van der Waals surface area contributed by atoms with Crippen molar-refractivity contribution in [1.82, 2.24) is 10.2 Å². The number of rotatable bonds is 3. The highest BCUT2D eigenvalue weighted by Crippen LogP contribution is 2.23. The van der Waals surface area contributed by atoms with Gasteiger partial charge in [-0.05, 0) is 45.3 Å². The largest absolute Gasteiger partial charge is 0.318 e. The van der Waals surface area contributed by atoms with Crippen molar-refractivity contribution >= 4 is 11.6 Å². The monoisotopic (exact) mass is 265 g/mol. The van der Waals surface area contributed by atoms with E-state index in [1.165, 1.54) is 12.1 Å². The van der Waals surface area contributed by atoms with Crippen molar-refractivity contribution in [2.24, 2.45) is 0 Å². The molecule has 5 heteroatoms. The Hall–Kier alpha value is -1.46. The zero-order valence-electron chi connectivity index (χ0n) is 11.6. The van der Waals surface area contributed by atoms with Crippen molar-refractivity contribution < 1.29 is 9.18 Å². The Morgan fingerprint density at radius 1 is 1.37 bits per heavy atom. The Bertz CT molecular complexity index is 449. The Morgan fingerprint density at radius 3 is 2.58 bits per heavy atom. The minimum Gasteiger partial charge on any atom is -0.318 e. The second kappa shape index (κ2) is 5.67. The molecule has 1 amide bonds. The second-order valence-electron chi connectivity index (χ2n) is 5.05. The molecule has 1 aliphatic rings.